The van der Waals surface area contributed by atoms with Crippen molar-refractivity contribution >= 4 is 11.6 Å². The fraction of sp³-hybridized carbons (Fsp3) is 0.273. The van der Waals surface area contributed by atoms with Crippen LogP contribution < -0.4 is 10.6 Å². The molecule has 0 spiro atoms. The second kappa shape index (κ2) is 3.84. The Balaban J connectivity index is 2.46. The van der Waals surface area contributed by atoms with E-state index in [4.69, 9.17) is 10.3 Å². The summed E-state index contributed by atoms with van der Waals surface area (Å²) < 4.78 is 5.19. The standard InChI is InChI=1S/C11H14N4O/c1-7-4-5-8(12)6-9(7)10-13-11(14-16-10)15(2)3/h4-6H,12H2,1-3H3. The summed E-state index contributed by atoms with van der Waals surface area (Å²) in [7, 11) is 3.72. The molecule has 0 unspecified atom stereocenters. The maximum absolute atomic E-state index is 5.73. The molecule has 0 bridgehead atoms. The third-order valence-electron chi connectivity index (χ3n) is 2.31. The van der Waals surface area contributed by atoms with Crippen LogP contribution in [0.1, 0.15) is 5.56 Å². The quantitative estimate of drug-likeness (QED) is 0.777. The molecule has 0 aliphatic heterocycles. The van der Waals surface area contributed by atoms with E-state index in [2.05, 4.69) is 10.1 Å². The average molecular weight is 218 g/mol. The summed E-state index contributed by atoms with van der Waals surface area (Å²) in [5.74, 6) is 1.05. The van der Waals surface area contributed by atoms with E-state index in [9.17, 15) is 0 Å². The molecule has 0 atom stereocenters. The number of nitrogens with zero attached hydrogens (tertiary/aromatic N) is 3. The summed E-state index contributed by atoms with van der Waals surface area (Å²) in [6.07, 6.45) is 0. The first-order valence-electron chi connectivity index (χ1n) is 4.95. The van der Waals surface area contributed by atoms with Gasteiger partial charge >= 0.3 is 0 Å². The number of aryl methyl sites for hydroxylation is 1. The predicted octanol–water partition coefficient (Wildman–Crippen LogP) is 1.69. The Bertz CT molecular complexity index is 504. The highest BCUT2D eigenvalue weighted by atomic mass is 16.5. The van der Waals surface area contributed by atoms with Crippen molar-refractivity contribution in [3.05, 3.63) is 23.8 Å². The Morgan fingerprint density at radius 3 is 2.69 bits per heavy atom. The zero-order chi connectivity index (χ0) is 11.7. The number of nitrogens with two attached hydrogens (primary N) is 1. The fourth-order valence-electron chi connectivity index (χ4n) is 1.38. The van der Waals surface area contributed by atoms with Gasteiger partial charge in [0.15, 0.2) is 0 Å². The number of aromatic nitrogens is 2. The molecular formula is C11H14N4O. The van der Waals surface area contributed by atoms with E-state index >= 15 is 0 Å². The van der Waals surface area contributed by atoms with E-state index in [0.717, 1.165) is 11.1 Å². The number of rotatable bonds is 2. The van der Waals surface area contributed by atoms with Gasteiger partial charge in [-0.3, -0.25) is 0 Å². The smallest absolute Gasteiger partial charge is 0.265 e. The van der Waals surface area contributed by atoms with Crippen molar-refractivity contribution in [1.82, 2.24) is 10.1 Å². The summed E-state index contributed by atoms with van der Waals surface area (Å²) in [4.78, 5) is 6.06. The third-order valence-corrected chi connectivity index (χ3v) is 2.31. The highest BCUT2D eigenvalue weighted by Gasteiger charge is 2.12. The van der Waals surface area contributed by atoms with Gasteiger partial charge in [-0.2, -0.15) is 4.98 Å². The molecular weight excluding hydrogens is 204 g/mol. The van der Waals surface area contributed by atoms with Crippen molar-refractivity contribution in [3.63, 3.8) is 0 Å². The molecule has 2 rings (SSSR count). The SMILES string of the molecule is Cc1ccc(N)cc1-c1nc(N(C)C)no1. The Morgan fingerprint density at radius 1 is 1.31 bits per heavy atom. The highest BCUT2D eigenvalue weighted by Crippen LogP contribution is 2.25. The Kier molecular flexibility index (Phi) is 2.52. The molecule has 0 amide bonds. The topological polar surface area (TPSA) is 68.2 Å². The molecule has 1 aromatic carbocycles. The zero-order valence-corrected chi connectivity index (χ0v) is 9.56. The van der Waals surface area contributed by atoms with E-state index in [-0.39, 0.29) is 0 Å². The zero-order valence-electron chi connectivity index (χ0n) is 9.56. The lowest BCUT2D eigenvalue weighted by Crippen LogP contribution is -2.10. The van der Waals surface area contributed by atoms with Crippen LogP contribution in [0.4, 0.5) is 11.6 Å². The monoisotopic (exact) mass is 218 g/mol. The first kappa shape index (κ1) is 10.5. The molecule has 0 aliphatic carbocycles. The summed E-state index contributed by atoms with van der Waals surface area (Å²) in [6, 6.07) is 5.62. The van der Waals surface area contributed by atoms with Gasteiger partial charge in [-0.25, -0.2) is 0 Å². The van der Waals surface area contributed by atoms with Gasteiger partial charge < -0.3 is 15.2 Å². The van der Waals surface area contributed by atoms with Crippen LogP contribution in [0.15, 0.2) is 22.7 Å². The number of benzene rings is 1. The molecule has 0 saturated heterocycles. The van der Waals surface area contributed by atoms with E-state index in [0.29, 0.717) is 17.5 Å². The summed E-state index contributed by atoms with van der Waals surface area (Å²) in [6.45, 7) is 1.98. The number of anilines is 2. The molecule has 0 saturated carbocycles. The lowest BCUT2D eigenvalue weighted by Gasteiger charge is -2.03. The van der Waals surface area contributed by atoms with E-state index in [1.54, 1.807) is 4.90 Å². The van der Waals surface area contributed by atoms with E-state index in [1.807, 2.05) is 39.2 Å². The molecule has 0 fully saturated rings. The minimum atomic E-state index is 0.494. The molecule has 16 heavy (non-hydrogen) atoms. The maximum atomic E-state index is 5.73. The molecule has 0 aliphatic rings. The van der Waals surface area contributed by atoms with Crippen LogP contribution in [0, 0.1) is 6.92 Å². The van der Waals surface area contributed by atoms with Crippen molar-refractivity contribution in [2.75, 3.05) is 24.7 Å². The van der Waals surface area contributed by atoms with Crippen LogP contribution in [0.3, 0.4) is 0 Å². The van der Waals surface area contributed by atoms with Crippen molar-refractivity contribution in [2.24, 2.45) is 0 Å². The number of hydrogen-bond acceptors (Lipinski definition) is 5. The van der Waals surface area contributed by atoms with E-state index < -0.39 is 0 Å². The Labute approximate surface area is 93.9 Å². The Hall–Kier alpha value is -2.04. The van der Waals surface area contributed by atoms with Gasteiger partial charge in [0.05, 0.1) is 0 Å². The summed E-state index contributed by atoms with van der Waals surface area (Å²) >= 11 is 0. The summed E-state index contributed by atoms with van der Waals surface area (Å²) in [5, 5.41) is 3.86. The molecule has 2 aromatic rings. The van der Waals surface area contributed by atoms with Gasteiger partial charge in [-0.1, -0.05) is 6.07 Å². The lowest BCUT2D eigenvalue weighted by molar-refractivity contribution is 0.430. The summed E-state index contributed by atoms with van der Waals surface area (Å²) in [5.41, 5.74) is 8.35. The van der Waals surface area contributed by atoms with Crippen molar-refractivity contribution < 1.29 is 4.52 Å². The first-order valence-corrected chi connectivity index (χ1v) is 4.95. The van der Waals surface area contributed by atoms with Gasteiger partial charge in [-0.15, -0.1) is 0 Å². The van der Waals surface area contributed by atoms with Crippen LogP contribution in [0.2, 0.25) is 0 Å². The van der Waals surface area contributed by atoms with Crippen LogP contribution in [-0.4, -0.2) is 24.2 Å². The van der Waals surface area contributed by atoms with Crippen LogP contribution >= 0.6 is 0 Å². The van der Waals surface area contributed by atoms with Crippen molar-refractivity contribution in [1.29, 1.82) is 0 Å². The Morgan fingerprint density at radius 2 is 2.06 bits per heavy atom. The second-order valence-electron chi connectivity index (χ2n) is 3.87. The third kappa shape index (κ3) is 1.84. The van der Waals surface area contributed by atoms with Crippen molar-refractivity contribution in [2.45, 2.75) is 6.92 Å². The average Bonchev–Trinajstić information content (AvgIpc) is 2.70. The van der Waals surface area contributed by atoms with Gasteiger partial charge in [-0.05, 0) is 29.8 Å². The van der Waals surface area contributed by atoms with Crippen LogP contribution in [-0.2, 0) is 0 Å². The maximum Gasteiger partial charge on any atom is 0.265 e. The molecule has 84 valence electrons. The van der Waals surface area contributed by atoms with Crippen LogP contribution in [0.25, 0.3) is 11.5 Å². The normalized spacial score (nSPS) is 10.4. The lowest BCUT2D eigenvalue weighted by atomic mass is 10.1. The van der Waals surface area contributed by atoms with Gasteiger partial charge in [0.1, 0.15) is 0 Å². The van der Waals surface area contributed by atoms with E-state index in [1.165, 1.54) is 0 Å². The highest BCUT2D eigenvalue weighted by molar-refractivity contribution is 5.64. The molecule has 5 nitrogen and oxygen atoms in total. The largest absolute Gasteiger partial charge is 0.399 e. The number of hydrogen-bond donors (Lipinski definition) is 1. The molecule has 0 radical (unpaired) electrons. The minimum absolute atomic E-state index is 0.494. The van der Waals surface area contributed by atoms with Crippen molar-refractivity contribution in [3.8, 4) is 11.5 Å². The first-order chi connectivity index (χ1) is 7.58. The van der Waals surface area contributed by atoms with Gasteiger partial charge in [0.25, 0.3) is 11.8 Å². The molecule has 1 heterocycles. The van der Waals surface area contributed by atoms with Gasteiger partial charge in [0, 0.05) is 25.3 Å². The fourth-order valence-corrected chi connectivity index (χ4v) is 1.38. The second-order valence-corrected chi connectivity index (χ2v) is 3.87. The minimum Gasteiger partial charge on any atom is -0.399 e. The molecule has 5 heteroatoms. The van der Waals surface area contributed by atoms with Gasteiger partial charge in [0.2, 0.25) is 0 Å². The number of nitrogen functional groups attached to an aromatic ring is 1. The molecule has 1 aromatic heterocycles. The predicted molar refractivity (Wildman–Crippen MR) is 63.2 cm³/mol. The van der Waals surface area contributed by atoms with Crippen LogP contribution in [0.5, 0.6) is 0 Å². The molecule has 2 N–H and O–H groups in total.